The van der Waals surface area contributed by atoms with Crippen molar-refractivity contribution in [2.75, 3.05) is 13.1 Å². The van der Waals surface area contributed by atoms with E-state index >= 15 is 0 Å². The van der Waals surface area contributed by atoms with Crippen molar-refractivity contribution in [3.8, 4) is 6.07 Å². The highest BCUT2D eigenvalue weighted by atomic mass is 19.3. The van der Waals surface area contributed by atoms with Crippen LogP contribution < -0.4 is 10.6 Å². The van der Waals surface area contributed by atoms with Crippen LogP contribution >= 0.6 is 0 Å². The Kier molecular flexibility index (Phi) is 4.84. The van der Waals surface area contributed by atoms with Crippen molar-refractivity contribution in [1.29, 1.82) is 5.26 Å². The number of carbonyl (C=O) groups excluding carboxylic acids is 2. The number of nitriles is 1. The van der Waals surface area contributed by atoms with Gasteiger partial charge in [0.05, 0.1) is 6.07 Å². The van der Waals surface area contributed by atoms with Crippen molar-refractivity contribution >= 4 is 11.9 Å². The van der Waals surface area contributed by atoms with Gasteiger partial charge in [-0.2, -0.15) is 5.26 Å². The molecule has 1 aliphatic heterocycles. The summed E-state index contributed by atoms with van der Waals surface area (Å²) < 4.78 is 27.0. The zero-order chi connectivity index (χ0) is 19.0. The van der Waals surface area contributed by atoms with E-state index in [1.165, 1.54) is 19.3 Å². The number of likely N-dealkylation sites (tertiary alicyclic amines) is 1. The number of nitrogens with one attached hydrogen (secondary N) is 2. The van der Waals surface area contributed by atoms with Crippen LogP contribution in [0.3, 0.4) is 0 Å². The van der Waals surface area contributed by atoms with Crippen LogP contribution in [0.15, 0.2) is 0 Å². The quantitative estimate of drug-likeness (QED) is 0.782. The lowest BCUT2D eigenvalue weighted by Crippen LogP contribution is -2.56. The zero-order valence-electron chi connectivity index (χ0n) is 15.1. The molecule has 3 aliphatic rings. The predicted molar refractivity (Wildman–Crippen MR) is 90.4 cm³/mol. The Morgan fingerprint density at radius 2 is 1.81 bits per heavy atom. The lowest BCUT2D eigenvalue weighted by Gasteiger charge is -2.48. The Hall–Kier alpha value is -1.91. The van der Waals surface area contributed by atoms with Crippen LogP contribution in [0.25, 0.3) is 0 Å². The third kappa shape index (κ3) is 4.25. The van der Waals surface area contributed by atoms with E-state index in [-0.39, 0.29) is 0 Å². The van der Waals surface area contributed by atoms with Crippen molar-refractivity contribution in [2.45, 2.75) is 75.8 Å². The van der Waals surface area contributed by atoms with Crippen LogP contribution in [0.5, 0.6) is 0 Å². The van der Waals surface area contributed by atoms with Crippen LogP contribution in [0.2, 0.25) is 0 Å². The number of hydrogen-bond acceptors (Lipinski definition) is 3. The summed E-state index contributed by atoms with van der Waals surface area (Å²) in [5.41, 5.74) is -0.583. The monoisotopic (exact) mass is 368 g/mol. The maximum atomic E-state index is 13.5. The van der Waals surface area contributed by atoms with Crippen molar-refractivity contribution in [3.05, 3.63) is 0 Å². The van der Waals surface area contributed by atoms with Gasteiger partial charge in [0.1, 0.15) is 11.6 Å². The maximum absolute atomic E-state index is 13.5. The van der Waals surface area contributed by atoms with Gasteiger partial charge in [0.25, 0.3) is 0 Å². The highest BCUT2D eigenvalue weighted by molar-refractivity contribution is 5.88. The second-order valence-corrected chi connectivity index (χ2v) is 8.30. The molecular weight excluding hydrogens is 342 g/mol. The Bertz CT molecular complexity index is 608. The standard InChI is InChI=1S/C18H26F2N4O2/c1-16(19,20)11-13(14(25)23-18(12-21)5-6-18)22-15(26)24-9-7-17(8-10-24)3-2-4-17/h13H,2-11H2,1H3,(H,22,26)(H,23,25)/t13-/m0/s1. The zero-order valence-corrected chi connectivity index (χ0v) is 15.1. The summed E-state index contributed by atoms with van der Waals surface area (Å²) in [6, 6.07) is 0.162. The highest BCUT2D eigenvalue weighted by Gasteiger charge is 2.47. The van der Waals surface area contributed by atoms with Gasteiger partial charge < -0.3 is 15.5 Å². The Balaban J connectivity index is 1.58. The number of piperidine rings is 1. The first-order valence-corrected chi connectivity index (χ1v) is 9.33. The second-order valence-electron chi connectivity index (χ2n) is 8.30. The third-order valence-corrected chi connectivity index (χ3v) is 6.03. The van der Waals surface area contributed by atoms with Crippen LogP contribution in [0.1, 0.15) is 58.3 Å². The van der Waals surface area contributed by atoms with Crippen LogP contribution in [0.4, 0.5) is 13.6 Å². The maximum Gasteiger partial charge on any atom is 0.318 e. The molecule has 0 aromatic heterocycles. The van der Waals surface area contributed by atoms with Gasteiger partial charge >= 0.3 is 6.03 Å². The number of rotatable bonds is 5. The summed E-state index contributed by atoms with van der Waals surface area (Å²) in [4.78, 5) is 26.5. The molecule has 2 aliphatic carbocycles. The minimum Gasteiger partial charge on any atom is -0.336 e. The SMILES string of the molecule is CC(F)(F)C[C@H](NC(=O)N1CCC2(CCC2)CC1)C(=O)NC1(C#N)CC1. The second kappa shape index (κ2) is 6.67. The van der Waals surface area contributed by atoms with Crippen molar-refractivity contribution in [3.63, 3.8) is 0 Å². The van der Waals surface area contributed by atoms with Crippen LogP contribution in [-0.2, 0) is 4.79 Å². The smallest absolute Gasteiger partial charge is 0.318 e. The van der Waals surface area contributed by atoms with Gasteiger partial charge in [0.2, 0.25) is 11.8 Å². The molecule has 3 rings (SSSR count). The molecule has 144 valence electrons. The summed E-state index contributed by atoms with van der Waals surface area (Å²) in [5.74, 6) is -3.82. The number of nitrogens with zero attached hydrogens (tertiary/aromatic N) is 2. The van der Waals surface area contributed by atoms with Crippen molar-refractivity contribution < 1.29 is 18.4 Å². The number of amides is 3. The number of halogens is 2. The molecule has 2 saturated carbocycles. The van der Waals surface area contributed by atoms with Gasteiger partial charge in [-0.25, -0.2) is 13.6 Å². The highest BCUT2D eigenvalue weighted by Crippen LogP contribution is 2.48. The van der Waals surface area contributed by atoms with Gasteiger partial charge in [-0.15, -0.1) is 0 Å². The molecule has 3 amide bonds. The van der Waals surface area contributed by atoms with Crippen LogP contribution in [0, 0.1) is 16.7 Å². The normalized spacial score (nSPS) is 24.2. The molecule has 0 radical (unpaired) electrons. The molecule has 0 unspecified atom stereocenters. The fourth-order valence-electron chi connectivity index (χ4n) is 3.88. The number of alkyl halides is 2. The number of carbonyl (C=O) groups is 2. The van der Waals surface area contributed by atoms with Crippen molar-refractivity contribution in [1.82, 2.24) is 15.5 Å². The van der Waals surface area contributed by atoms with Gasteiger partial charge in [-0.05, 0) is 50.9 Å². The molecule has 0 aromatic rings. The molecule has 2 N–H and O–H groups in total. The molecular formula is C18H26F2N4O2. The largest absolute Gasteiger partial charge is 0.336 e. The molecule has 1 saturated heterocycles. The average molecular weight is 368 g/mol. The van der Waals surface area contributed by atoms with E-state index < -0.39 is 35.9 Å². The topological polar surface area (TPSA) is 85.2 Å². The third-order valence-electron chi connectivity index (χ3n) is 6.03. The van der Waals surface area contributed by atoms with E-state index in [0.717, 1.165) is 19.8 Å². The summed E-state index contributed by atoms with van der Waals surface area (Å²) in [6.45, 7) is 1.90. The lowest BCUT2D eigenvalue weighted by molar-refractivity contribution is -0.126. The minimum absolute atomic E-state index is 0.370. The average Bonchev–Trinajstić information content (AvgIpc) is 3.31. The van der Waals surface area contributed by atoms with E-state index in [2.05, 4.69) is 10.6 Å². The first kappa shape index (κ1) is 18.9. The molecule has 1 spiro atoms. The molecule has 8 heteroatoms. The summed E-state index contributed by atoms with van der Waals surface area (Å²) in [5, 5.41) is 14.1. The summed E-state index contributed by atoms with van der Waals surface area (Å²) in [6.07, 6.45) is 5.72. The summed E-state index contributed by atoms with van der Waals surface area (Å²) in [7, 11) is 0. The number of urea groups is 1. The number of hydrogen-bond donors (Lipinski definition) is 2. The van der Waals surface area contributed by atoms with E-state index in [1.807, 2.05) is 6.07 Å². The van der Waals surface area contributed by atoms with Crippen LogP contribution in [-0.4, -0.2) is 47.4 Å². The predicted octanol–water partition coefficient (Wildman–Crippen LogP) is 2.55. The fraction of sp³-hybridized carbons (Fsp3) is 0.833. The summed E-state index contributed by atoms with van der Waals surface area (Å²) >= 11 is 0. The van der Waals surface area contributed by atoms with E-state index in [1.54, 1.807) is 4.90 Å². The van der Waals surface area contributed by atoms with E-state index in [4.69, 9.17) is 5.26 Å². The Labute approximate surface area is 152 Å². The molecule has 0 bridgehead atoms. The van der Waals surface area contributed by atoms with Crippen molar-refractivity contribution in [2.24, 2.45) is 5.41 Å². The minimum atomic E-state index is -3.10. The molecule has 6 nitrogen and oxygen atoms in total. The van der Waals surface area contributed by atoms with Gasteiger partial charge in [-0.1, -0.05) is 6.42 Å². The molecule has 0 aromatic carbocycles. The molecule has 3 fully saturated rings. The van der Waals surface area contributed by atoms with E-state index in [9.17, 15) is 18.4 Å². The molecule has 1 heterocycles. The first-order valence-electron chi connectivity index (χ1n) is 9.33. The molecule has 26 heavy (non-hydrogen) atoms. The van der Waals surface area contributed by atoms with E-state index in [0.29, 0.717) is 31.3 Å². The Morgan fingerprint density at radius 1 is 1.19 bits per heavy atom. The fourth-order valence-corrected chi connectivity index (χ4v) is 3.88. The van der Waals surface area contributed by atoms with Gasteiger partial charge in [0.15, 0.2) is 0 Å². The van der Waals surface area contributed by atoms with Gasteiger partial charge in [0, 0.05) is 19.5 Å². The Morgan fingerprint density at radius 3 is 2.23 bits per heavy atom. The van der Waals surface area contributed by atoms with Gasteiger partial charge in [-0.3, -0.25) is 4.79 Å². The first-order chi connectivity index (χ1) is 12.2. The lowest BCUT2D eigenvalue weighted by atomic mass is 9.63. The molecule has 1 atom stereocenters.